The molecule has 0 bridgehead atoms. The molecule has 0 spiro atoms. The van der Waals surface area contributed by atoms with Crippen LogP contribution in [0.15, 0.2) is 21.2 Å². The highest BCUT2D eigenvalue weighted by Crippen LogP contribution is 2.25. The molecule has 1 amide bonds. The summed E-state index contributed by atoms with van der Waals surface area (Å²) < 4.78 is 16.1. The summed E-state index contributed by atoms with van der Waals surface area (Å²) in [5, 5.41) is 15.9. The molecule has 2 aromatic heterocycles. The molecule has 0 aliphatic carbocycles. The fraction of sp³-hybridized carbons (Fsp3) is 0.560. The average Bonchev–Trinajstić information content (AvgIpc) is 3.38. The number of aromatic nitrogens is 4. The summed E-state index contributed by atoms with van der Waals surface area (Å²) in [6.45, 7) is 16.8. The third kappa shape index (κ3) is 5.87. The van der Waals surface area contributed by atoms with Gasteiger partial charge in [-0.3, -0.25) is 4.90 Å². The van der Waals surface area contributed by atoms with Gasteiger partial charge in [-0.15, -0.1) is 10.2 Å². The molecule has 188 valence electrons. The molecule has 10 heteroatoms. The van der Waals surface area contributed by atoms with Gasteiger partial charge in [-0.25, -0.2) is 9.42 Å². The maximum atomic E-state index is 12.6. The molecule has 1 aliphatic heterocycles. The average molecular weight is 483 g/mol. The normalized spacial score (nSPS) is 17.1. The zero-order valence-electron chi connectivity index (χ0n) is 21.6. The number of nitrogens with zero attached hydrogens (tertiary/aromatic N) is 6. The van der Waals surface area contributed by atoms with E-state index in [9.17, 15) is 4.79 Å². The van der Waals surface area contributed by atoms with Crippen LogP contribution in [0.5, 0.6) is 0 Å². The number of rotatable bonds is 5. The van der Waals surface area contributed by atoms with Crippen molar-refractivity contribution in [3.8, 4) is 11.6 Å². The summed E-state index contributed by atoms with van der Waals surface area (Å²) in [5.74, 6) is 0.822. The second-order valence-corrected chi connectivity index (χ2v) is 10.3. The minimum Gasteiger partial charge on any atom is -0.444 e. The van der Waals surface area contributed by atoms with Crippen LogP contribution in [0.4, 0.5) is 4.79 Å². The molecule has 10 nitrogen and oxygen atoms in total. The Hall–Kier alpha value is -3.27. The number of ether oxygens (including phenoxy) is 1. The summed E-state index contributed by atoms with van der Waals surface area (Å²) in [4.78, 5) is 16.8. The summed E-state index contributed by atoms with van der Waals surface area (Å²) in [6.07, 6.45) is 0.287. The van der Waals surface area contributed by atoms with Crippen molar-refractivity contribution < 1.29 is 18.6 Å². The SMILES string of the molecule is Cc1cc(Cc2nnc(-c3nonc3C)o2)c(C)c(CN2CCN(C(=O)OC(C)(C)C)[C@@H](C)C2)c1. The maximum Gasteiger partial charge on any atom is 0.410 e. The Morgan fingerprint density at radius 1 is 1.11 bits per heavy atom. The van der Waals surface area contributed by atoms with E-state index in [2.05, 4.69) is 58.3 Å². The molecular formula is C25H34N6O4. The largest absolute Gasteiger partial charge is 0.444 e. The quantitative estimate of drug-likeness (QED) is 0.531. The minimum absolute atomic E-state index is 0.0782. The Labute approximate surface area is 205 Å². The van der Waals surface area contributed by atoms with E-state index in [1.54, 1.807) is 6.92 Å². The lowest BCUT2D eigenvalue weighted by Gasteiger charge is -2.40. The van der Waals surface area contributed by atoms with Crippen molar-refractivity contribution in [1.82, 2.24) is 30.3 Å². The van der Waals surface area contributed by atoms with Gasteiger partial charge in [0.25, 0.3) is 5.89 Å². The number of carbonyl (C=O) groups is 1. The first-order valence-corrected chi connectivity index (χ1v) is 11.9. The molecule has 1 aliphatic rings. The summed E-state index contributed by atoms with van der Waals surface area (Å²) in [5.41, 5.74) is 5.36. The van der Waals surface area contributed by atoms with Crippen LogP contribution in [-0.2, 0) is 17.7 Å². The van der Waals surface area contributed by atoms with Gasteiger partial charge >= 0.3 is 6.09 Å². The number of hydrogen-bond acceptors (Lipinski definition) is 9. The van der Waals surface area contributed by atoms with Gasteiger partial charge in [-0.05, 0) is 70.3 Å². The highest BCUT2D eigenvalue weighted by atomic mass is 16.6. The Bertz CT molecular complexity index is 1200. The van der Waals surface area contributed by atoms with Crippen molar-refractivity contribution in [2.24, 2.45) is 0 Å². The number of aryl methyl sites for hydroxylation is 2. The van der Waals surface area contributed by atoms with E-state index in [0.717, 1.165) is 25.2 Å². The number of hydrogen-bond donors (Lipinski definition) is 0. The number of benzene rings is 1. The van der Waals surface area contributed by atoms with Crippen LogP contribution in [0.3, 0.4) is 0 Å². The Balaban J connectivity index is 1.44. The van der Waals surface area contributed by atoms with Gasteiger partial charge in [0, 0.05) is 32.2 Å². The van der Waals surface area contributed by atoms with Crippen LogP contribution >= 0.6 is 0 Å². The molecular weight excluding hydrogens is 448 g/mol. The lowest BCUT2D eigenvalue weighted by atomic mass is 9.96. The van der Waals surface area contributed by atoms with E-state index in [1.165, 1.54) is 16.7 Å². The first-order chi connectivity index (χ1) is 16.5. The van der Waals surface area contributed by atoms with Gasteiger partial charge in [0.05, 0.1) is 6.42 Å². The lowest BCUT2D eigenvalue weighted by molar-refractivity contribution is 0.000535. The predicted molar refractivity (Wildman–Crippen MR) is 129 cm³/mol. The molecule has 0 radical (unpaired) electrons. The molecule has 1 aromatic carbocycles. The maximum absolute atomic E-state index is 12.6. The van der Waals surface area contributed by atoms with Crippen LogP contribution in [0.2, 0.25) is 0 Å². The van der Waals surface area contributed by atoms with Crippen molar-refractivity contribution in [2.45, 2.75) is 73.1 Å². The van der Waals surface area contributed by atoms with Crippen molar-refractivity contribution in [3.05, 3.63) is 46.0 Å². The highest BCUT2D eigenvalue weighted by Gasteiger charge is 2.31. The van der Waals surface area contributed by atoms with E-state index in [1.807, 2.05) is 25.7 Å². The standard InChI is InChI=1S/C25H34N6O4/c1-15-10-19(12-21-26-27-23(33-21)22-18(4)28-35-29-22)17(3)20(11-15)14-30-8-9-31(16(2)13-30)24(32)34-25(5,6)7/h10-11,16H,8-9,12-14H2,1-7H3/t16-/m0/s1. The van der Waals surface area contributed by atoms with Crippen molar-refractivity contribution in [2.75, 3.05) is 19.6 Å². The number of carbonyl (C=O) groups excluding carboxylic acids is 1. The molecule has 3 heterocycles. The summed E-state index contributed by atoms with van der Waals surface area (Å²) in [7, 11) is 0. The molecule has 0 saturated carbocycles. The van der Waals surface area contributed by atoms with E-state index in [0.29, 0.717) is 36.1 Å². The smallest absolute Gasteiger partial charge is 0.410 e. The number of piperazine rings is 1. The van der Waals surface area contributed by atoms with Gasteiger partial charge in [-0.1, -0.05) is 22.9 Å². The van der Waals surface area contributed by atoms with Gasteiger partial charge < -0.3 is 14.1 Å². The van der Waals surface area contributed by atoms with Gasteiger partial charge in [0.2, 0.25) is 5.89 Å². The third-order valence-electron chi connectivity index (χ3n) is 6.16. The molecule has 1 atom stereocenters. The summed E-state index contributed by atoms with van der Waals surface area (Å²) >= 11 is 0. The molecule has 3 aromatic rings. The van der Waals surface area contributed by atoms with E-state index in [4.69, 9.17) is 13.8 Å². The molecule has 35 heavy (non-hydrogen) atoms. The third-order valence-corrected chi connectivity index (χ3v) is 6.16. The van der Waals surface area contributed by atoms with Crippen molar-refractivity contribution >= 4 is 6.09 Å². The highest BCUT2D eigenvalue weighted by molar-refractivity contribution is 5.68. The van der Waals surface area contributed by atoms with E-state index < -0.39 is 5.60 Å². The Morgan fingerprint density at radius 3 is 2.51 bits per heavy atom. The van der Waals surface area contributed by atoms with Crippen molar-refractivity contribution in [3.63, 3.8) is 0 Å². The minimum atomic E-state index is -0.493. The van der Waals surface area contributed by atoms with E-state index in [-0.39, 0.29) is 12.1 Å². The fourth-order valence-electron chi connectivity index (χ4n) is 4.38. The monoisotopic (exact) mass is 482 g/mol. The zero-order chi connectivity index (χ0) is 25.3. The molecule has 4 rings (SSSR count). The van der Waals surface area contributed by atoms with Gasteiger partial charge in [-0.2, -0.15) is 0 Å². The summed E-state index contributed by atoms with van der Waals surface area (Å²) in [6, 6.07) is 4.47. The van der Waals surface area contributed by atoms with Crippen LogP contribution in [0.1, 0.15) is 61.5 Å². The fourth-order valence-corrected chi connectivity index (χ4v) is 4.38. The second-order valence-electron chi connectivity index (χ2n) is 10.3. The van der Waals surface area contributed by atoms with Crippen LogP contribution in [0, 0.1) is 20.8 Å². The molecule has 1 saturated heterocycles. The number of amides is 1. The van der Waals surface area contributed by atoms with Gasteiger partial charge in [0.1, 0.15) is 11.3 Å². The van der Waals surface area contributed by atoms with Gasteiger partial charge in [0.15, 0.2) is 5.69 Å². The second kappa shape index (κ2) is 9.77. The van der Waals surface area contributed by atoms with Crippen LogP contribution in [-0.4, -0.2) is 67.7 Å². The first kappa shape index (κ1) is 24.8. The first-order valence-electron chi connectivity index (χ1n) is 11.9. The predicted octanol–water partition coefficient (Wildman–Crippen LogP) is 4.08. The van der Waals surface area contributed by atoms with Crippen LogP contribution < -0.4 is 0 Å². The topological polar surface area (TPSA) is 111 Å². The van der Waals surface area contributed by atoms with E-state index >= 15 is 0 Å². The molecule has 1 fully saturated rings. The lowest BCUT2D eigenvalue weighted by Crippen LogP contribution is -2.54. The Morgan fingerprint density at radius 2 is 1.86 bits per heavy atom. The molecule has 0 unspecified atom stereocenters. The zero-order valence-corrected chi connectivity index (χ0v) is 21.6. The molecule has 0 N–H and O–H groups in total. The van der Waals surface area contributed by atoms with Crippen LogP contribution in [0.25, 0.3) is 11.6 Å². The Kier molecular flexibility index (Phi) is 6.93. The van der Waals surface area contributed by atoms with Crippen molar-refractivity contribution in [1.29, 1.82) is 0 Å².